The van der Waals surface area contributed by atoms with Crippen molar-refractivity contribution in [2.45, 2.75) is 31.7 Å². The van der Waals surface area contributed by atoms with Gasteiger partial charge in [-0.1, -0.05) is 18.9 Å². The summed E-state index contributed by atoms with van der Waals surface area (Å²) in [6.45, 7) is 1.11. The summed E-state index contributed by atoms with van der Waals surface area (Å²) in [5.74, 6) is 1.67. The monoisotopic (exact) mass is 262 g/mol. The van der Waals surface area contributed by atoms with Gasteiger partial charge in [0.1, 0.15) is 5.75 Å². The molecule has 1 aromatic rings. The van der Waals surface area contributed by atoms with Crippen LogP contribution in [0.5, 0.6) is 5.75 Å². The van der Waals surface area contributed by atoms with Crippen molar-refractivity contribution in [3.05, 3.63) is 24.3 Å². The Morgan fingerprint density at radius 3 is 2.84 bits per heavy atom. The smallest absolute Gasteiger partial charge is 0.120 e. The molecular weight excluding hydrogens is 236 g/mol. The minimum atomic E-state index is 0.668. The first-order valence-electron chi connectivity index (χ1n) is 7.27. The number of nitrogens with one attached hydrogen (secondary N) is 1. The molecule has 1 N–H and O–H groups in total. The molecule has 0 saturated heterocycles. The predicted octanol–water partition coefficient (Wildman–Crippen LogP) is 2.91. The molecule has 2 unspecified atom stereocenters. The highest BCUT2D eigenvalue weighted by atomic mass is 16.5. The lowest BCUT2D eigenvalue weighted by Crippen LogP contribution is -2.42. The number of ether oxygens (including phenoxy) is 1. The lowest BCUT2D eigenvalue weighted by Gasteiger charge is -2.35. The van der Waals surface area contributed by atoms with Crippen molar-refractivity contribution >= 4 is 5.69 Å². The van der Waals surface area contributed by atoms with Crippen molar-refractivity contribution in [2.75, 3.05) is 32.6 Å². The van der Waals surface area contributed by atoms with Crippen molar-refractivity contribution in [1.29, 1.82) is 0 Å². The van der Waals surface area contributed by atoms with Gasteiger partial charge in [0.05, 0.1) is 7.11 Å². The molecule has 1 aliphatic rings. The zero-order chi connectivity index (χ0) is 13.7. The molecule has 1 saturated carbocycles. The molecule has 1 aliphatic carbocycles. The first-order valence-corrected chi connectivity index (χ1v) is 7.27. The molecule has 19 heavy (non-hydrogen) atoms. The Bertz CT molecular complexity index is 394. The first kappa shape index (κ1) is 14.2. The maximum Gasteiger partial charge on any atom is 0.120 e. The van der Waals surface area contributed by atoms with E-state index >= 15 is 0 Å². The number of nitrogens with zero attached hydrogens (tertiary/aromatic N) is 1. The summed E-state index contributed by atoms with van der Waals surface area (Å²) in [7, 11) is 5.99. The fourth-order valence-corrected chi connectivity index (χ4v) is 3.11. The molecule has 3 heteroatoms. The maximum absolute atomic E-state index is 5.30. The summed E-state index contributed by atoms with van der Waals surface area (Å²) in [6.07, 6.45) is 5.38. The maximum atomic E-state index is 5.30. The van der Waals surface area contributed by atoms with E-state index in [0.717, 1.165) is 18.2 Å². The Morgan fingerprint density at radius 2 is 2.11 bits per heavy atom. The second-order valence-electron chi connectivity index (χ2n) is 5.52. The highest BCUT2D eigenvalue weighted by Crippen LogP contribution is 2.27. The van der Waals surface area contributed by atoms with Gasteiger partial charge in [-0.3, -0.25) is 0 Å². The lowest BCUT2D eigenvalue weighted by atomic mass is 9.84. The van der Waals surface area contributed by atoms with Gasteiger partial charge < -0.3 is 15.0 Å². The molecule has 0 aromatic heterocycles. The second-order valence-corrected chi connectivity index (χ2v) is 5.52. The summed E-state index contributed by atoms with van der Waals surface area (Å²) >= 11 is 0. The molecule has 1 aromatic carbocycles. The summed E-state index contributed by atoms with van der Waals surface area (Å²) < 4.78 is 5.30. The third-order valence-corrected chi connectivity index (χ3v) is 4.28. The van der Waals surface area contributed by atoms with Crippen molar-refractivity contribution in [3.63, 3.8) is 0 Å². The van der Waals surface area contributed by atoms with Crippen molar-refractivity contribution in [3.8, 4) is 5.75 Å². The van der Waals surface area contributed by atoms with Gasteiger partial charge in [0, 0.05) is 31.4 Å². The van der Waals surface area contributed by atoms with Crippen molar-refractivity contribution in [2.24, 2.45) is 5.92 Å². The zero-order valence-corrected chi connectivity index (χ0v) is 12.4. The van der Waals surface area contributed by atoms with Crippen LogP contribution in [0, 0.1) is 5.92 Å². The van der Waals surface area contributed by atoms with Crippen LogP contribution in [0.1, 0.15) is 25.7 Å². The normalized spacial score (nSPS) is 23.1. The van der Waals surface area contributed by atoms with Gasteiger partial charge >= 0.3 is 0 Å². The van der Waals surface area contributed by atoms with E-state index < -0.39 is 0 Å². The van der Waals surface area contributed by atoms with Crippen molar-refractivity contribution < 1.29 is 4.74 Å². The Balaban J connectivity index is 2.00. The number of methoxy groups -OCH3 is 1. The van der Waals surface area contributed by atoms with E-state index in [4.69, 9.17) is 4.74 Å². The molecule has 106 valence electrons. The lowest BCUT2D eigenvalue weighted by molar-refractivity contribution is 0.278. The quantitative estimate of drug-likeness (QED) is 0.883. The van der Waals surface area contributed by atoms with Crippen LogP contribution in [0.15, 0.2) is 24.3 Å². The standard InChI is InChI=1S/C16H26N2O/c1-17-16-10-5-4-7-13(16)12-18(2)14-8-6-9-15(11-14)19-3/h6,8-9,11,13,16-17H,4-5,7,10,12H2,1-3H3. The van der Waals surface area contributed by atoms with Crippen LogP contribution in [-0.2, 0) is 0 Å². The van der Waals surface area contributed by atoms with E-state index in [1.165, 1.54) is 31.4 Å². The Labute approximate surface area is 116 Å². The molecule has 0 spiro atoms. The average Bonchev–Trinajstić information content (AvgIpc) is 2.47. The highest BCUT2D eigenvalue weighted by Gasteiger charge is 2.24. The molecule has 3 nitrogen and oxygen atoms in total. The van der Waals surface area contributed by atoms with Gasteiger partial charge in [-0.2, -0.15) is 0 Å². The summed E-state index contributed by atoms with van der Waals surface area (Å²) in [4.78, 5) is 2.35. The predicted molar refractivity (Wildman–Crippen MR) is 81.1 cm³/mol. The molecule has 0 bridgehead atoms. The number of anilines is 1. The third kappa shape index (κ3) is 3.63. The van der Waals surface area contributed by atoms with Crippen LogP contribution in [0.25, 0.3) is 0 Å². The molecule has 2 rings (SSSR count). The molecule has 0 amide bonds. The molecule has 2 atom stereocenters. The van der Waals surface area contributed by atoms with Gasteiger partial charge in [-0.25, -0.2) is 0 Å². The number of hydrogen-bond donors (Lipinski definition) is 1. The van der Waals surface area contributed by atoms with E-state index in [0.29, 0.717) is 6.04 Å². The Hall–Kier alpha value is -1.22. The van der Waals surface area contributed by atoms with Crippen LogP contribution in [0.3, 0.4) is 0 Å². The van der Waals surface area contributed by atoms with Gasteiger partial charge in [0.15, 0.2) is 0 Å². The molecule has 0 heterocycles. The van der Waals surface area contributed by atoms with Crippen LogP contribution in [0.4, 0.5) is 5.69 Å². The van der Waals surface area contributed by atoms with E-state index in [9.17, 15) is 0 Å². The topological polar surface area (TPSA) is 24.5 Å². The fourth-order valence-electron chi connectivity index (χ4n) is 3.11. The average molecular weight is 262 g/mol. The second kappa shape index (κ2) is 6.80. The molecular formula is C16H26N2O. The van der Waals surface area contributed by atoms with Gasteiger partial charge in [-0.15, -0.1) is 0 Å². The van der Waals surface area contributed by atoms with E-state index in [1.54, 1.807) is 7.11 Å². The van der Waals surface area contributed by atoms with Gasteiger partial charge in [0.25, 0.3) is 0 Å². The first-order chi connectivity index (χ1) is 9.24. The molecule has 0 radical (unpaired) electrons. The van der Waals surface area contributed by atoms with Gasteiger partial charge in [-0.05, 0) is 37.9 Å². The van der Waals surface area contributed by atoms with Crippen LogP contribution >= 0.6 is 0 Å². The SMILES string of the molecule is CNC1CCCCC1CN(C)c1cccc(OC)c1. The third-order valence-electron chi connectivity index (χ3n) is 4.28. The number of benzene rings is 1. The van der Waals surface area contributed by atoms with E-state index in [2.05, 4.69) is 42.5 Å². The number of rotatable bonds is 5. The largest absolute Gasteiger partial charge is 0.497 e. The highest BCUT2D eigenvalue weighted by molar-refractivity contribution is 5.50. The van der Waals surface area contributed by atoms with Crippen LogP contribution < -0.4 is 15.0 Å². The Morgan fingerprint density at radius 1 is 1.32 bits per heavy atom. The number of hydrogen-bond acceptors (Lipinski definition) is 3. The molecule has 0 aliphatic heterocycles. The minimum Gasteiger partial charge on any atom is -0.497 e. The van der Waals surface area contributed by atoms with Gasteiger partial charge in [0.2, 0.25) is 0 Å². The van der Waals surface area contributed by atoms with E-state index in [-0.39, 0.29) is 0 Å². The van der Waals surface area contributed by atoms with E-state index in [1.807, 2.05) is 6.07 Å². The van der Waals surface area contributed by atoms with Crippen LogP contribution in [0.2, 0.25) is 0 Å². The summed E-state index contributed by atoms with van der Waals surface area (Å²) in [6, 6.07) is 8.98. The minimum absolute atomic E-state index is 0.668. The summed E-state index contributed by atoms with van der Waals surface area (Å²) in [5.41, 5.74) is 1.24. The fraction of sp³-hybridized carbons (Fsp3) is 0.625. The Kier molecular flexibility index (Phi) is 5.08. The molecule has 1 fully saturated rings. The van der Waals surface area contributed by atoms with Crippen LogP contribution in [-0.4, -0.2) is 33.8 Å². The zero-order valence-electron chi connectivity index (χ0n) is 12.4. The summed E-state index contributed by atoms with van der Waals surface area (Å²) in [5, 5.41) is 3.48. The van der Waals surface area contributed by atoms with Crippen molar-refractivity contribution in [1.82, 2.24) is 5.32 Å².